The molecule has 64 valence electrons. The molecule has 0 aliphatic rings. The van der Waals surface area contributed by atoms with Gasteiger partial charge in [0.1, 0.15) is 6.29 Å². The molecule has 0 aliphatic carbocycles. The molecular weight excluding hydrogens is 158 g/mol. The maximum absolute atomic E-state index is 10.4. The van der Waals surface area contributed by atoms with Gasteiger partial charge >= 0.3 is 0 Å². The second-order valence-electron chi connectivity index (χ2n) is 2.58. The molecule has 0 aromatic rings. The third-order valence-corrected chi connectivity index (χ3v) is 2.41. The average molecular weight is 173 g/mol. The molecule has 0 fully saturated rings. The van der Waals surface area contributed by atoms with Gasteiger partial charge in [-0.25, -0.2) is 0 Å². The van der Waals surface area contributed by atoms with Crippen molar-refractivity contribution in [2.75, 3.05) is 20.4 Å². The number of hydrogen-bond acceptors (Lipinski definition) is 3. The van der Waals surface area contributed by atoms with Crippen molar-refractivity contribution in [1.29, 1.82) is 0 Å². The third kappa shape index (κ3) is 4.09. The lowest BCUT2D eigenvalue weighted by Crippen LogP contribution is -2.15. The highest BCUT2D eigenvalue weighted by Crippen LogP contribution is 2.14. The summed E-state index contributed by atoms with van der Waals surface area (Å²) >= 11 is 1.56. The predicted molar refractivity (Wildman–Crippen MR) is 50.8 cm³/mol. The molecule has 0 aromatic carbocycles. The summed E-state index contributed by atoms with van der Waals surface area (Å²) in [5, 5.41) is 0.0601. The van der Waals surface area contributed by atoms with Crippen LogP contribution >= 0.6 is 11.8 Å². The normalized spacial score (nSPS) is 12.3. The van der Waals surface area contributed by atoms with Gasteiger partial charge < -0.3 is 9.69 Å². The van der Waals surface area contributed by atoms with Crippen LogP contribution in [0.3, 0.4) is 0 Å². The number of allylic oxidation sites excluding steroid dienone is 1. The molecule has 1 unspecified atom stereocenters. The maximum atomic E-state index is 10.4. The lowest BCUT2D eigenvalue weighted by molar-refractivity contribution is -0.107. The Bertz CT molecular complexity index is 145. The molecule has 1 atom stereocenters. The van der Waals surface area contributed by atoms with Gasteiger partial charge in [-0.05, 0) is 6.26 Å². The molecule has 0 N–H and O–H groups in total. The summed E-state index contributed by atoms with van der Waals surface area (Å²) < 4.78 is 0. The lowest BCUT2D eigenvalue weighted by atomic mass is 10.2. The zero-order valence-corrected chi connectivity index (χ0v) is 8.15. The van der Waals surface area contributed by atoms with Crippen molar-refractivity contribution in [1.82, 2.24) is 4.90 Å². The fraction of sp³-hybridized carbons (Fsp3) is 0.625. The van der Waals surface area contributed by atoms with Crippen molar-refractivity contribution in [3.63, 3.8) is 0 Å². The molecule has 11 heavy (non-hydrogen) atoms. The van der Waals surface area contributed by atoms with E-state index in [0.717, 1.165) is 18.4 Å². The van der Waals surface area contributed by atoms with E-state index in [1.165, 1.54) is 0 Å². The first-order valence-electron chi connectivity index (χ1n) is 3.45. The van der Waals surface area contributed by atoms with E-state index in [1.807, 2.05) is 25.3 Å². The van der Waals surface area contributed by atoms with Gasteiger partial charge in [0.05, 0.1) is 5.25 Å². The van der Waals surface area contributed by atoms with Gasteiger partial charge in [-0.2, -0.15) is 11.8 Å². The first-order chi connectivity index (χ1) is 5.11. The van der Waals surface area contributed by atoms with Crippen LogP contribution in [0.1, 0.15) is 6.42 Å². The lowest BCUT2D eigenvalue weighted by Gasteiger charge is -2.17. The Morgan fingerprint density at radius 3 is 2.55 bits per heavy atom. The van der Waals surface area contributed by atoms with Crippen molar-refractivity contribution >= 4 is 18.0 Å². The summed E-state index contributed by atoms with van der Waals surface area (Å²) in [5.41, 5.74) is 0.997. The number of rotatable bonds is 5. The predicted octanol–water partition coefficient (Wildman–Crippen LogP) is 1.38. The number of hydrogen-bond donors (Lipinski definition) is 0. The molecule has 0 spiro atoms. The van der Waals surface area contributed by atoms with E-state index in [-0.39, 0.29) is 5.25 Å². The summed E-state index contributed by atoms with van der Waals surface area (Å²) in [6, 6.07) is 0. The molecule has 0 radical (unpaired) electrons. The van der Waals surface area contributed by atoms with Gasteiger partial charge in [0.2, 0.25) is 0 Å². The minimum absolute atomic E-state index is 0.0601. The first kappa shape index (κ1) is 10.6. The second-order valence-corrected chi connectivity index (χ2v) is 3.65. The molecule has 0 aliphatic heterocycles. The molecule has 0 saturated carbocycles. The number of carbonyl (C=O) groups excluding carboxylic acids is 1. The largest absolute Gasteiger partial charge is 0.381 e. The molecule has 2 nitrogen and oxygen atoms in total. The van der Waals surface area contributed by atoms with Crippen LogP contribution in [0.5, 0.6) is 0 Å². The average Bonchev–Trinajstić information content (AvgIpc) is 1.99. The molecular formula is C8H15NOS. The van der Waals surface area contributed by atoms with Crippen LogP contribution in [0, 0.1) is 0 Å². The van der Waals surface area contributed by atoms with Gasteiger partial charge in [-0.3, -0.25) is 0 Å². The minimum atomic E-state index is 0.0601. The SMILES string of the molecule is C=C(CC(C=O)SC)N(C)C. The summed E-state index contributed by atoms with van der Waals surface area (Å²) in [6.45, 7) is 3.84. The van der Waals surface area contributed by atoms with Gasteiger partial charge in [0, 0.05) is 26.2 Å². The van der Waals surface area contributed by atoms with E-state index in [0.29, 0.717) is 0 Å². The Morgan fingerprint density at radius 2 is 2.27 bits per heavy atom. The molecule has 0 rings (SSSR count). The van der Waals surface area contributed by atoms with E-state index in [2.05, 4.69) is 6.58 Å². The fourth-order valence-electron chi connectivity index (χ4n) is 0.602. The van der Waals surface area contributed by atoms with Crippen LogP contribution in [0.15, 0.2) is 12.3 Å². The van der Waals surface area contributed by atoms with Crippen LogP contribution in [0.2, 0.25) is 0 Å². The number of carbonyl (C=O) groups is 1. The van der Waals surface area contributed by atoms with Gasteiger partial charge in [0.25, 0.3) is 0 Å². The van der Waals surface area contributed by atoms with Crippen LogP contribution in [-0.4, -0.2) is 36.8 Å². The Kier molecular flexibility index (Phi) is 5.03. The highest BCUT2D eigenvalue weighted by molar-refractivity contribution is 7.99. The molecule has 0 bridgehead atoms. The van der Waals surface area contributed by atoms with Crippen molar-refractivity contribution < 1.29 is 4.79 Å². The number of nitrogens with zero attached hydrogens (tertiary/aromatic N) is 1. The highest BCUT2D eigenvalue weighted by atomic mass is 32.2. The van der Waals surface area contributed by atoms with E-state index < -0.39 is 0 Å². The summed E-state index contributed by atoms with van der Waals surface area (Å²) in [7, 11) is 3.87. The summed E-state index contributed by atoms with van der Waals surface area (Å²) in [4.78, 5) is 12.4. The molecule has 0 saturated heterocycles. The van der Waals surface area contributed by atoms with Gasteiger partial charge in [-0.1, -0.05) is 6.58 Å². The molecule has 0 amide bonds. The first-order valence-corrected chi connectivity index (χ1v) is 4.73. The van der Waals surface area contributed by atoms with Crippen LogP contribution < -0.4 is 0 Å². The van der Waals surface area contributed by atoms with E-state index in [9.17, 15) is 4.79 Å². The highest BCUT2D eigenvalue weighted by Gasteiger charge is 2.07. The quantitative estimate of drug-likeness (QED) is 0.586. The van der Waals surface area contributed by atoms with Crippen molar-refractivity contribution in [2.24, 2.45) is 0 Å². The zero-order valence-electron chi connectivity index (χ0n) is 7.33. The smallest absolute Gasteiger partial charge is 0.133 e. The minimum Gasteiger partial charge on any atom is -0.381 e. The van der Waals surface area contributed by atoms with Crippen molar-refractivity contribution in [3.8, 4) is 0 Å². The topological polar surface area (TPSA) is 20.3 Å². The van der Waals surface area contributed by atoms with Crippen molar-refractivity contribution in [3.05, 3.63) is 12.3 Å². The molecule has 3 heteroatoms. The third-order valence-electron chi connectivity index (χ3n) is 1.52. The van der Waals surface area contributed by atoms with E-state index >= 15 is 0 Å². The van der Waals surface area contributed by atoms with Crippen molar-refractivity contribution in [2.45, 2.75) is 11.7 Å². The van der Waals surface area contributed by atoms with E-state index in [4.69, 9.17) is 0 Å². The van der Waals surface area contributed by atoms with Gasteiger partial charge in [0.15, 0.2) is 0 Å². The molecule has 0 aromatic heterocycles. The van der Waals surface area contributed by atoms with E-state index in [1.54, 1.807) is 11.8 Å². The Hall–Kier alpha value is -0.440. The van der Waals surface area contributed by atoms with Gasteiger partial charge in [-0.15, -0.1) is 0 Å². The Morgan fingerprint density at radius 1 is 1.73 bits per heavy atom. The summed E-state index contributed by atoms with van der Waals surface area (Å²) in [5.74, 6) is 0. The van der Waals surface area contributed by atoms with Crippen LogP contribution in [0.4, 0.5) is 0 Å². The zero-order chi connectivity index (χ0) is 8.85. The maximum Gasteiger partial charge on any atom is 0.133 e. The summed E-state index contributed by atoms with van der Waals surface area (Å²) in [6.07, 6.45) is 3.65. The van der Waals surface area contributed by atoms with Crippen LogP contribution in [0.25, 0.3) is 0 Å². The monoisotopic (exact) mass is 173 g/mol. The second kappa shape index (κ2) is 5.24. The fourth-order valence-corrected chi connectivity index (χ4v) is 1.07. The molecule has 0 heterocycles. The number of thioether (sulfide) groups is 1. The standard InChI is InChI=1S/C8H15NOS/c1-7(9(2)3)5-8(6-10)11-4/h6,8H,1,5H2,2-4H3. The van der Waals surface area contributed by atoms with Crippen LogP contribution in [-0.2, 0) is 4.79 Å². The Labute approximate surface area is 72.6 Å². The number of aldehydes is 1. The Balaban J connectivity index is 3.81.